The summed E-state index contributed by atoms with van der Waals surface area (Å²) in [5.41, 5.74) is 9.89. The van der Waals surface area contributed by atoms with Gasteiger partial charge in [-0.05, 0) is 25.8 Å². The van der Waals surface area contributed by atoms with E-state index in [1.165, 1.54) is 0 Å². The molecule has 4 heterocycles. The van der Waals surface area contributed by atoms with E-state index >= 15 is 0 Å². The number of aromatic amines is 1. The lowest BCUT2D eigenvalue weighted by Gasteiger charge is -2.41. The fourth-order valence-corrected chi connectivity index (χ4v) is 4.86. The minimum Gasteiger partial charge on any atom is -0.390 e. The van der Waals surface area contributed by atoms with Crippen LogP contribution in [-0.2, 0) is 11.3 Å². The maximum Gasteiger partial charge on any atom is 0.152 e. The number of anilines is 1. The number of nitrogens with one attached hydrogen (secondary N) is 1. The number of fused-ring (bicyclic) bond motifs is 1. The average Bonchev–Trinajstić information content (AvgIpc) is 3.35. The topological polar surface area (TPSA) is 100 Å². The number of nitrogens with two attached hydrogens (primary N) is 1. The third kappa shape index (κ3) is 3.01. The molecule has 2 atom stereocenters. The van der Waals surface area contributed by atoms with E-state index in [0.29, 0.717) is 5.69 Å². The number of aliphatic hydroxyl groups excluding tert-OH is 1. The quantitative estimate of drug-likeness (QED) is 0.632. The lowest BCUT2D eigenvalue weighted by Crippen LogP contribution is -2.51. The maximum absolute atomic E-state index is 10.00. The van der Waals surface area contributed by atoms with Crippen LogP contribution in [0.2, 0.25) is 0 Å². The van der Waals surface area contributed by atoms with Crippen molar-refractivity contribution in [3.8, 4) is 11.3 Å². The van der Waals surface area contributed by atoms with Crippen LogP contribution in [0.5, 0.6) is 0 Å². The highest BCUT2D eigenvalue weighted by Gasteiger charge is 2.47. The van der Waals surface area contributed by atoms with Crippen molar-refractivity contribution in [2.24, 2.45) is 11.1 Å². The number of hydrogen-bond donors (Lipinski definition) is 3. The highest BCUT2D eigenvalue weighted by molar-refractivity contribution is 5.93. The molecule has 5 rings (SSSR count). The van der Waals surface area contributed by atoms with E-state index in [-0.39, 0.29) is 24.2 Å². The molecule has 0 saturated carbocycles. The lowest BCUT2D eigenvalue weighted by atomic mass is 9.73. The number of aliphatic hydroxyl groups is 1. The first-order valence-corrected chi connectivity index (χ1v) is 10.3. The van der Waals surface area contributed by atoms with Crippen molar-refractivity contribution in [1.82, 2.24) is 15.0 Å². The smallest absolute Gasteiger partial charge is 0.152 e. The minimum absolute atomic E-state index is 0.0614. The Kier molecular flexibility index (Phi) is 4.53. The molecule has 2 saturated heterocycles. The van der Waals surface area contributed by atoms with Crippen LogP contribution in [0.3, 0.4) is 0 Å². The minimum atomic E-state index is -0.141. The first-order chi connectivity index (χ1) is 14.1. The zero-order valence-corrected chi connectivity index (χ0v) is 16.6. The van der Waals surface area contributed by atoms with Gasteiger partial charge in [0, 0.05) is 41.7 Å². The molecule has 3 aromatic rings. The fourth-order valence-electron chi connectivity index (χ4n) is 4.86. The van der Waals surface area contributed by atoms with Gasteiger partial charge in [-0.1, -0.05) is 18.2 Å². The summed E-state index contributed by atoms with van der Waals surface area (Å²) < 4.78 is 5.82. The second-order valence-electron chi connectivity index (χ2n) is 8.32. The molecular weight excluding hydrogens is 366 g/mol. The molecule has 2 aliphatic heterocycles. The van der Waals surface area contributed by atoms with Gasteiger partial charge in [0.15, 0.2) is 5.82 Å². The molecule has 2 fully saturated rings. The van der Waals surface area contributed by atoms with Crippen LogP contribution >= 0.6 is 0 Å². The molecule has 2 aromatic heterocycles. The summed E-state index contributed by atoms with van der Waals surface area (Å²) >= 11 is 0. The number of aromatic nitrogens is 3. The molecular formula is C22H27N5O2. The number of para-hydroxylation sites is 1. The summed E-state index contributed by atoms with van der Waals surface area (Å²) in [4.78, 5) is 15.0. The Morgan fingerprint density at radius 2 is 2.14 bits per heavy atom. The molecule has 0 bridgehead atoms. The molecule has 0 aliphatic carbocycles. The van der Waals surface area contributed by atoms with Crippen molar-refractivity contribution >= 4 is 16.7 Å². The Balaban J connectivity index is 1.42. The van der Waals surface area contributed by atoms with Crippen molar-refractivity contribution in [2.75, 3.05) is 24.6 Å². The Morgan fingerprint density at radius 3 is 2.86 bits per heavy atom. The number of ether oxygens (including phenoxy) is 1. The molecule has 29 heavy (non-hydrogen) atoms. The van der Waals surface area contributed by atoms with Gasteiger partial charge < -0.3 is 25.5 Å². The van der Waals surface area contributed by atoms with E-state index in [0.717, 1.165) is 60.5 Å². The molecule has 2 aliphatic rings. The van der Waals surface area contributed by atoms with Gasteiger partial charge in [0.1, 0.15) is 5.69 Å². The van der Waals surface area contributed by atoms with E-state index in [1.807, 2.05) is 24.4 Å². The molecule has 4 N–H and O–H groups in total. The highest BCUT2D eigenvalue weighted by atomic mass is 16.5. The maximum atomic E-state index is 10.00. The van der Waals surface area contributed by atoms with E-state index < -0.39 is 0 Å². The Labute approximate surface area is 169 Å². The SMILES string of the molecule is C[C@@H]1OCC2(CCN(c3ncc(-c4cccc5cc[nH]c45)nc3CO)CC2)[C@@H]1N. The summed E-state index contributed by atoms with van der Waals surface area (Å²) in [5.74, 6) is 0.769. The van der Waals surface area contributed by atoms with Gasteiger partial charge in [0.25, 0.3) is 0 Å². The van der Waals surface area contributed by atoms with Crippen molar-refractivity contribution in [3.05, 3.63) is 42.4 Å². The van der Waals surface area contributed by atoms with Gasteiger partial charge in [-0.15, -0.1) is 0 Å². The standard InChI is InChI=1S/C22H27N5O2/c1-14-20(23)22(13-29-14)6-9-27(10-7-22)21-18(12-28)26-17(11-25-21)16-4-2-3-15-5-8-24-19(15)16/h2-5,8,11,14,20,24,28H,6-7,9-10,12-13,23H2,1H3/t14-,20+/m0/s1. The van der Waals surface area contributed by atoms with Gasteiger partial charge in [0.05, 0.1) is 36.7 Å². The van der Waals surface area contributed by atoms with Crippen molar-refractivity contribution in [3.63, 3.8) is 0 Å². The Hall–Kier alpha value is -2.48. The first-order valence-electron chi connectivity index (χ1n) is 10.3. The normalized spacial score (nSPS) is 23.9. The van der Waals surface area contributed by atoms with Crippen LogP contribution < -0.4 is 10.6 Å². The van der Waals surface area contributed by atoms with Gasteiger partial charge in [-0.2, -0.15) is 0 Å². The summed E-state index contributed by atoms with van der Waals surface area (Å²) in [6, 6.07) is 8.22. The zero-order chi connectivity index (χ0) is 20.0. The zero-order valence-electron chi connectivity index (χ0n) is 16.6. The number of benzene rings is 1. The van der Waals surface area contributed by atoms with Crippen LogP contribution in [0.1, 0.15) is 25.5 Å². The lowest BCUT2D eigenvalue weighted by molar-refractivity contribution is 0.0973. The molecule has 0 radical (unpaired) electrons. The molecule has 7 heteroatoms. The summed E-state index contributed by atoms with van der Waals surface area (Å²) in [6.07, 6.45) is 5.78. The van der Waals surface area contributed by atoms with Crippen molar-refractivity contribution in [1.29, 1.82) is 0 Å². The predicted octanol–water partition coefficient (Wildman–Crippen LogP) is 2.45. The molecule has 1 aromatic carbocycles. The average molecular weight is 393 g/mol. The highest BCUT2D eigenvalue weighted by Crippen LogP contribution is 2.42. The molecule has 7 nitrogen and oxygen atoms in total. The second-order valence-corrected chi connectivity index (χ2v) is 8.32. The first kappa shape index (κ1) is 18.5. The van der Waals surface area contributed by atoms with Crippen LogP contribution in [-0.4, -0.2) is 51.9 Å². The summed E-state index contributed by atoms with van der Waals surface area (Å²) in [6.45, 7) is 4.34. The second kappa shape index (κ2) is 7.09. The summed E-state index contributed by atoms with van der Waals surface area (Å²) in [7, 11) is 0. The Bertz CT molecular complexity index is 1020. The van der Waals surface area contributed by atoms with E-state index in [9.17, 15) is 5.11 Å². The van der Waals surface area contributed by atoms with Gasteiger partial charge in [0.2, 0.25) is 0 Å². The van der Waals surface area contributed by atoms with Crippen LogP contribution in [0.4, 0.5) is 5.82 Å². The molecule has 0 unspecified atom stereocenters. The van der Waals surface area contributed by atoms with Crippen LogP contribution in [0.25, 0.3) is 22.2 Å². The monoisotopic (exact) mass is 393 g/mol. The third-order valence-electron chi connectivity index (χ3n) is 6.74. The van der Waals surface area contributed by atoms with Gasteiger partial charge in [-0.25, -0.2) is 9.97 Å². The number of nitrogens with zero attached hydrogens (tertiary/aromatic N) is 3. The van der Waals surface area contributed by atoms with Crippen molar-refractivity contribution < 1.29 is 9.84 Å². The largest absolute Gasteiger partial charge is 0.390 e. The molecule has 152 valence electrons. The fraction of sp³-hybridized carbons (Fsp3) is 0.455. The van der Waals surface area contributed by atoms with Crippen LogP contribution in [0.15, 0.2) is 36.7 Å². The molecule has 1 spiro atoms. The number of hydrogen-bond acceptors (Lipinski definition) is 6. The van der Waals surface area contributed by atoms with Crippen LogP contribution in [0, 0.1) is 5.41 Å². The van der Waals surface area contributed by atoms with E-state index in [2.05, 4.69) is 22.9 Å². The predicted molar refractivity (Wildman–Crippen MR) is 113 cm³/mol. The number of rotatable bonds is 3. The number of piperidine rings is 1. The molecule has 0 amide bonds. The van der Waals surface area contributed by atoms with Crippen molar-refractivity contribution in [2.45, 2.75) is 38.5 Å². The summed E-state index contributed by atoms with van der Waals surface area (Å²) in [5, 5.41) is 11.1. The van der Waals surface area contributed by atoms with E-state index in [4.69, 9.17) is 20.4 Å². The van der Waals surface area contributed by atoms with E-state index in [1.54, 1.807) is 6.20 Å². The number of H-pyrrole nitrogens is 1. The van der Waals surface area contributed by atoms with Gasteiger partial charge in [-0.3, -0.25) is 0 Å². The Morgan fingerprint density at radius 1 is 1.31 bits per heavy atom. The third-order valence-corrected chi connectivity index (χ3v) is 6.74. The van der Waals surface area contributed by atoms with Gasteiger partial charge >= 0.3 is 0 Å².